The Bertz CT molecular complexity index is 591. The Labute approximate surface area is 134 Å². The summed E-state index contributed by atoms with van der Waals surface area (Å²) in [5.74, 6) is 2.90. The Morgan fingerprint density at radius 2 is 2.13 bits per heavy atom. The largest absolute Gasteiger partial charge is 0.492 e. The quantitative estimate of drug-likeness (QED) is 0.665. The summed E-state index contributed by atoms with van der Waals surface area (Å²) in [5, 5.41) is 2.90. The molecule has 2 atom stereocenters. The fourth-order valence-electron chi connectivity index (χ4n) is 2.99. The normalized spacial score (nSPS) is 25.4. The zero-order chi connectivity index (χ0) is 15.6. The third-order valence-electron chi connectivity index (χ3n) is 4.45. The van der Waals surface area contributed by atoms with Crippen molar-refractivity contribution < 1.29 is 19.0 Å². The van der Waals surface area contributed by atoms with Crippen molar-refractivity contribution in [1.82, 2.24) is 16.2 Å². The van der Waals surface area contributed by atoms with Crippen LogP contribution >= 0.6 is 0 Å². The minimum absolute atomic E-state index is 0.0231. The number of fused-ring (bicyclic) bond motifs is 1. The predicted molar refractivity (Wildman–Crippen MR) is 82.3 cm³/mol. The van der Waals surface area contributed by atoms with Gasteiger partial charge in [0, 0.05) is 12.1 Å². The van der Waals surface area contributed by atoms with Gasteiger partial charge >= 0.3 is 0 Å². The first kappa shape index (κ1) is 14.6. The zero-order valence-corrected chi connectivity index (χ0v) is 12.8. The minimum atomic E-state index is -0.147. The molecule has 4 rings (SSSR count). The van der Waals surface area contributed by atoms with Gasteiger partial charge in [-0.25, -0.2) is 5.43 Å². The van der Waals surface area contributed by atoms with E-state index in [9.17, 15) is 4.79 Å². The van der Waals surface area contributed by atoms with Crippen LogP contribution in [0.25, 0.3) is 0 Å². The number of hydrogen-bond acceptors (Lipinski definition) is 6. The molecular formula is C16H21N3O4. The molecule has 1 saturated heterocycles. The number of carbonyl (C=O) groups excluding carboxylic acids is 1. The van der Waals surface area contributed by atoms with Gasteiger partial charge in [-0.05, 0) is 37.3 Å². The molecule has 1 aromatic carbocycles. The molecule has 3 N–H and O–H groups in total. The first-order chi connectivity index (χ1) is 11.3. The number of ether oxygens (including phenoxy) is 3. The van der Waals surface area contributed by atoms with E-state index >= 15 is 0 Å². The molecule has 0 spiro atoms. The second-order valence-electron chi connectivity index (χ2n) is 6.18. The number of carbonyl (C=O) groups is 1. The highest BCUT2D eigenvalue weighted by Gasteiger charge is 2.38. The summed E-state index contributed by atoms with van der Waals surface area (Å²) < 4.78 is 16.2. The van der Waals surface area contributed by atoms with Gasteiger partial charge in [-0.1, -0.05) is 0 Å². The van der Waals surface area contributed by atoms with Gasteiger partial charge in [0.05, 0.1) is 6.54 Å². The molecule has 3 aliphatic rings. The second-order valence-corrected chi connectivity index (χ2v) is 6.18. The number of benzene rings is 1. The van der Waals surface area contributed by atoms with E-state index in [1.54, 1.807) is 6.07 Å². The predicted octanol–water partition coefficient (Wildman–Crippen LogP) is 0.555. The van der Waals surface area contributed by atoms with Crippen LogP contribution in [0.5, 0.6) is 17.2 Å². The average molecular weight is 319 g/mol. The fourth-order valence-corrected chi connectivity index (χ4v) is 2.99. The lowest BCUT2D eigenvalue weighted by molar-refractivity contribution is -0.123. The van der Waals surface area contributed by atoms with Crippen molar-refractivity contribution in [2.24, 2.45) is 5.92 Å². The van der Waals surface area contributed by atoms with Crippen molar-refractivity contribution >= 4 is 5.91 Å². The molecule has 2 heterocycles. The van der Waals surface area contributed by atoms with Crippen molar-refractivity contribution in [2.75, 3.05) is 19.9 Å². The van der Waals surface area contributed by atoms with E-state index in [0.29, 0.717) is 30.7 Å². The number of rotatable bonds is 6. The van der Waals surface area contributed by atoms with E-state index < -0.39 is 0 Å². The second kappa shape index (κ2) is 6.25. The molecule has 124 valence electrons. The van der Waals surface area contributed by atoms with Gasteiger partial charge in [0.15, 0.2) is 11.5 Å². The van der Waals surface area contributed by atoms with Crippen LogP contribution in [-0.4, -0.2) is 37.9 Å². The third kappa shape index (κ3) is 3.35. The maximum absolute atomic E-state index is 12.1. The number of nitrogens with one attached hydrogen (secondary N) is 3. The topological polar surface area (TPSA) is 80.9 Å². The first-order valence-electron chi connectivity index (χ1n) is 8.11. The monoisotopic (exact) mass is 319 g/mol. The van der Waals surface area contributed by atoms with E-state index in [-0.39, 0.29) is 18.7 Å². The van der Waals surface area contributed by atoms with Crippen LogP contribution in [0.3, 0.4) is 0 Å². The Morgan fingerprint density at radius 3 is 3.00 bits per heavy atom. The van der Waals surface area contributed by atoms with Crippen molar-refractivity contribution in [2.45, 2.75) is 31.3 Å². The summed E-state index contributed by atoms with van der Waals surface area (Å²) in [6, 6.07) is 5.74. The highest BCUT2D eigenvalue weighted by molar-refractivity contribution is 5.82. The lowest BCUT2D eigenvalue weighted by Gasteiger charge is -2.11. The highest BCUT2D eigenvalue weighted by atomic mass is 16.7. The van der Waals surface area contributed by atoms with Gasteiger partial charge < -0.3 is 19.5 Å². The fraction of sp³-hybridized carbons (Fsp3) is 0.562. The van der Waals surface area contributed by atoms with Crippen LogP contribution < -0.4 is 30.4 Å². The zero-order valence-electron chi connectivity index (χ0n) is 12.8. The summed E-state index contributed by atoms with van der Waals surface area (Å²) in [4.78, 5) is 12.1. The SMILES string of the molecule is O=C(NCCOc1ccc2c(c1)OCO2)C1CC(C2CC2)NN1. The van der Waals surface area contributed by atoms with E-state index in [4.69, 9.17) is 14.2 Å². The smallest absolute Gasteiger partial charge is 0.238 e. The van der Waals surface area contributed by atoms with Gasteiger partial charge in [0.25, 0.3) is 0 Å². The molecule has 1 aliphatic carbocycles. The molecule has 1 amide bonds. The lowest BCUT2D eigenvalue weighted by Crippen LogP contribution is -2.44. The average Bonchev–Trinajstić information content (AvgIpc) is 3.12. The molecule has 1 saturated carbocycles. The Kier molecular flexibility index (Phi) is 3.97. The van der Waals surface area contributed by atoms with Gasteiger partial charge in [-0.15, -0.1) is 0 Å². The van der Waals surface area contributed by atoms with Crippen molar-refractivity contribution in [1.29, 1.82) is 0 Å². The molecule has 2 unspecified atom stereocenters. The summed E-state index contributed by atoms with van der Waals surface area (Å²) >= 11 is 0. The molecule has 23 heavy (non-hydrogen) atoms. The third-order valence-corrected chi connectivity index (χ3v) is 4.45. The van der Waals surface area contributed by atoms with E-state index in [1.165, 1.54) is 12.8 Å². The molecule has 0 aromatic heterocycles. The molecular weight excluding hydrogens is 298 g/mol. The lowest BCUT2D eigenvalue weighted by atomic mass is 10.1. The maximum Gasteiger partial charge on any atom is 0.238 e. The number of hydrogen-bond donors (Lipinski definition) is 3. The van der Waals surface area contributed by atoms with Crippen LogP contribution in [0.4, 0.5) is 0 Å². The van der Waals surface area contributed by atoms with Crippen molar-refractivity contribution in [3.63, 3.8) is 0 Å². The van der Waals surface area contributed by atoms with Crippen LogP contribution in [0.2, 0.25) is 0 Å². The van der Waals surface area contributed by atoms with Crippen LogP contribution in [-0.2, 0) is 4.79 Å². The van der Waals surface area contributed by atoms with E-state index in [1.807, 2.05) is 12.1 Å². The molecule has 1 aromatic rings. The summed E-state index contributed by atoms with van der Waals surface area (Å²) in [7, 11) is 0. The van der Waals surface area contributed by atoms with E-state index in [2.05, 4.69) is 16.2 Å². The first-order valence-corrected chi connectivity index (χ1v) is 8.11. The number of hydrazine groups is 1. The number of amides is 1. The minimum Gasteiger partial charge on any atom is -0.492 e. The Hall–Kier alpha value is -1.99. The van der Waals surface area contributed by atoms with Crippen molar-refractivity contribution in [3.8, 4) is 17.2 Å². The van der Waals surface area contributed by atoms with Gasteiger partial charge in [0.2, 0.25) is 12.7 Å². The Balaban J connectivity index is 1.18. The standard InChI is InChI=1S/C16H21N3O4/c20-16(13-8-12(18-19-13)10-1-2-10)17-5-6-21-11-3-4-14-15(7-11)23-9-22-14/h3-4,7,10,12-13,18-19H,1-2,5-6,8-9H2,(H,17,20). The molecule has 2 fully saturated rings. The summed E-state index contributed by atoms with van der Waals surface area (Å²) in [6.07, 6.45) is 3.41. The maximum atomic E-state index is 12.1. The molecule has 0 radical (unpaired) electrons. The molecule has 7 heteroatoms. The van der Waals surface area contributed by atoms with Gasteiger partial charge in [-0.3, -0.25) is 10.2 Å². The van der Waals surface area contributed by atoms with E-state index in [0.717, 1.165) is 18.1 Å². The molecule has 7 nitrogen and oxygen atoms in total. The van der Waals surface area contributed by atoms with Gasteiger partial charge in [0.1, 0.15) is 18.4 Å². The molecule has 0 bridgehead atoms. The van der Waals surface area contributed by atoms with Crippen LogP contribution in [0.15, 0.2) is 18.2 Å². The van der Waals surface area contributed by atoms with Crippen molar-refractivity contribution in [3.05, 3.63) is 18.2 Å². The summed E-state index contributed by atoms with van der Waals surface area (Å²) in [6.45, 7) is 1.14. The molecule has 2 aliphatic heterocycles. The Morgan fingerprint density at radius 1 is 1.26 bits per heavy atom. The van der Waals surface area contributed by atoms with Crippen LogP contribution in [0, 0.1) is 5.92 Å². The highest BCUT2D eigenvalue weighted by Crippen LogP contribution is 2.36. The van der Waals surface area contributed by atoms with Gasteiger partial charge in [-0.2, -0.15) is 0 Å². The summed E-state index contributed by atoms with van der Waals surface area (Å²) in [5.41, 5.74) is 6.30. The van der Waals surface area contributed by atoms with Crippen LogP contribution in [0.1, 0.15) is 19.3 Å².